The molecule has 3 rings (SSSR count). The number of H-pyrrole nitrogens is 1. The molecular weight excluding hydrogens is 282 g/mol. The molecule has 0 bridgehead atoms. The van der Waals surface area contributed by atoms with Crippen LogP contribution < -0.4 is 5.32 Å². The Morgan fingerprint density at radius 3 is 3.10 bits per heavy atom. The van der Waals surface area contributed by atoms with Gasteiger partial charge in [-0.3, -0.25) is 5.10 Å². The predicted molar refractivity (Wildman–Crippen MR) is 87.4 cm³/mol. The van der Waals surface area contributed by atoms with Gasteiger partial charge < -0.3 is 9.73 Å². The van der Waals surface area contributed by atoms with E-state index in [0.717, 1.165) is 29.0 Å². The summed E-state index contributed by atoms with van der Waals surface area (Å²) in [4.78, 5) is 0. The fraction of sp³-hybridized carbons (Fsp3) is 0.562. The van der Waals surface area contributed by atoms with Gasteiger partial charge in [-0.15, -0.1) is 0 Å². The van der Waals surface area contributed by atoms with Crippen LogP contribution in [0, 0.1) is 6.92 Å². The van der Waals surface area contributed by atoms with Gasteiger partial charge in [0.25, 0.3) is 0 Å². The van der Waals surface area contributed by atoms with Gasteiger partial charge in [0.05, 0.1) is 6.20 Å². The fourth-order valence-corrected chi connectivity index (χ4v) is 4.14. The molecule has 2 unspecified atom stereocenters. The summed E-state index contributed by atoms with van der Waals surface area (Å²) in [7, 11) is 0. The van der Waals surface area contributed by atoms with Crippen molar-refractivity contribution in [2.45, 2.75) is 50.9 Å². The van der Waals surface area contributed by atoms with Gasteiger partial charge in [0.1, 0.15) is 11.5 Å². The Hall–Kier alpha value is -1.20. The monoisotopic (exact) mass is 305 g/mol. The summed E-state index contributed by atoms with van der Waals surface area (Å²) in [5, 5.41) is 11.7. The van der Waals surface area contributed by atoms with Crippen LogP contribution in [0.25, 0.3) is 11.5 Å². The second-order valence-corrected chi connectivity index (χ2v) is 7.23. The Morgan fingerprint density at radius 1 is 1.43 bits per heavy atom. The molecule has 1 aliphatic carbocycles. The summed E-state index contributed by atoms with van der Waals surface area (Å²) >= 11 is 2.10. The first-order valence-corrected chi connectivity index (χ1v) is 8.75. The number of rotatable bonds is 6. The third-order valence-electron chi connectivity index (χ3n) is 4.07. The maximum Gasteiger partial charge on any atom is 0.152 e. The van der Waals surface area contributed by atoms with Crippen molar-refractivity contribution < 1.29 is 4.42 Å². The van der Waals surface area contributed by atoms with Crippen LogP contribution in [0.5, 0.6) is 0 Å². The molecular formula is C16H23N3OS. The Morgan fingerprint density at radius 2 is 2.33 bits per heavy atom. The van der Waals surface area contributed by atoms with Gasteiger partial charge in [-0.1, -0.05) is 6.92 Å². The summed E-state index contributed by atoms with van der Waals surface area (Å²) in [6.45, 7) is 5.05. The molecule has 2 aromatic rings. The lowest BCUT2D eigenvalue weighted by molar-refractivity contribution is 0.522. The van der Waals surface area contributed by atoms with Crippen LogP contribution in [0.2, 0.25) is 0 Å². The molecule has 114 valence electrons. The maximum atomic E-state index is 5.69. The molecule has 2 atom stereocenters. The zero-order valence-corrected chi connectivity index (χ0v) is 13.5. The molecule has 2 heterocycles. The van der Waals surface area contributed by atoms with Crippen molar-refractivity contribution in [3.8, 4) is 11.5 Å². The number of furan rings is 1. The van der Waals surface area contributed by atoms with Gasteiger partial charge in [0, 0.05) is 23.4 Å². The molecule has 0 saturated heterocycles. The first-order valence-electron chi connectivity index (χ1n) is 7.70. The van der Waals surface area contributed by atoms with E-state index in [2.05, 4.69) is 34.2 Å². The van der Waals surface area contributed by atoms with Crippen molar-refractivity contribution >= 4 is 11.8 Å². The van der Waals surface area contributed by atoms with Gasteiger partial charge in [-0.2, -0.15) is 16.9 Å². The lowest BCUT2D eigenvalue weighted by Crippen LogP contribution is -2.26. The molecule has 0 spiro atoms. The van der Waals surface area contributed by atoms with E-state index in [1.54, 1.807) is 0 Å². The highest BCUT2D eigenvalue weighted by molar-refractivity contribution is 7.99. The van der Waals surface area contributed by atoms with Gasteiger partial charge in [-0.05, 0) is 44.1 Å². The first kappa shape index (κ1) is 14.7. The number of hydrogen-bond acceptors (Lipinski definition) is 4. The minimum Gasteiger partial charge on any atom is -0.460 e. The molecule has 1 fully saturated rings. The van der Waals surface area contributed by atoms with Crippen molar-refractivity contribution in [2.75, 3.05) is 5.75 Å². The number of aromatic amines is 1. The van der Waals surface area contributed by atoms with E-state index in [1.165, 1.54) is 30.6 Å². The molecule has 21 heavy (non-hydrogen) atoms. The van der Waals surface area contributed by atoms with Crippen LogP contribution in [-0.2, 0) is 6.54 Å². The van der Waals surface area contributed by atoms with Crippen molar-refractivity contribution in [2.24, 2.45) is 0 Å². The summed E-state index contributed by atoms with van der Waals surface area (Å²) in [5.41, 5.74) is 2.17. The average molecular weight is 305 g/mol. The molecule has 0 aromatic carbocycles. The molecule has 1 saturated carbocycles. The second-order valence-electron chi connectivity index (χ2n) is 5.65. The minimum absolute atomic E-state index is 0.634. The summed E-state index contributed by atoms with van der Waals surface area (Å²) < 4.78 is 5.69. The Bertz CT molecular complexity index is 578. The lowest BCUT2D eigenvalue weighted by atomic mass is 10.2. The van der Waals surface area contributed by atoms with E-state index < -0.39 is 0 Å². The Balaban J connectivity index is 1.58. The predicted octanol–water partition coefficient (Wildman–Crippen LogP) is 3.74. The molecule has 0 aliphatic heterocycles. The minimum atomic E-state index is 0.634. The number of aryl methyl sites for hydroxylation is 1. The largest absolute Gasteiger partial charge is 0.460 e. The SMILES string of the molecule is CCSC1CCC(NCc2cn[nH]c2-c2ccc(C)o2)C1. The number of hydrogen-bond donors (Lipinski definition) is 2. The van der Waals surface area contributed by atoms with Crippen LogP contribution in [0.3, 0.4) is 0 Å². The quantitative estimate of drug-likeness (QED) is 0.853. The summed E-state index contributed by atoms with van der Waals surface area (Å²) in [5.74, 6) is 3.02. The van der Waals surface area contributed by atoms with E-state index in [0.29, 0.717) is 6.04 Å². The summed E-state index contributed by atoms with van der Waals surface area (Å²) in [6.07, 6.45) is 5.80. The highest BCUT2D eigenvalue weighted by atomic mass is 32.2. The third-order valence-corrected chi connectivity index (χ3v) is 5.31. The first-order chi connectivity index (χ1) is 10.3. The molecule has 2 aromatic heterocycles. The molecule has 1 aliphatic rings. The van der Waals surface area contributed by atoms with Crippen LogP contribution in [-0.4, -0.2) is 27.2 Å². The zero-order valence-electron chi connectivity index (χ0n) is 12.7. The zero-order chi connectivity index (χ0) is 14.7. The van der Waals surface area contributed by atoms with Gasteiger partial charge in [-0.25, -0.2) is 0 Å². The van der Waals surface area contributed by atoms with Crippen LogP contribution in [0.4, 0.5) is 0 Å². The highest BCUT2D eigenvalue weighted by Crippen LogP contribution is 2.30. The van der Waals surface area contributed by atoms with E-state index in [-0.39, 0.29) is 0 Å². The lowest BCUT2D eigenvalue weighted by Gasteiger charge is -2.12. The van der Waals surface area contributed by atoms with Gasteiger partial charge in [0.15, 0.2) is 5.76 Å². The number of nitrogens with one attached hydrogen (secondary N) is 2. The Kier molecular flexibility index (Phi) is 4.70. The van der Waals surface area contributed by atoms with Gasteiger partial charge in [0.2, 0.25) is 0 Å². The van der Waals surface area contributed by atoms with E-state index in [4.69, 9.17) is 4.42 Å². The highest BCUT2D eigenvalue weighted by Gasteiger charge is 2.24. The standard InChI is InChI=1S/C16H23N3OS/c1-3-21-14-6-5-13(8-14)17-9-12-10-18-19-16(12)15-7-4-11(2)20-15/h4,7,10,13-14,17H,3,5-6,8-9H2,1-2H3,(H,18,19). The average Bonchev–Trinajstić information content (AvgIpc) is 3.17. The number of thioether (sulfide) groups is 1. The molecule has 2 N–H and O–H groups in total. The summed E-state index contributed by atoms with van der Waals surface area (Å²) in [6, 6.07) is 4.61. The molecule has 0 amide bonds. The number of aromatic nitrogens is 2. The van der Waals surface area contributed by atoms with Crippen LogP contribution in [0.15, 0.2) is 22.7 Å². The molecule has 0 radical (unpaired) electrons. The smallest absolute Gasteiger partial charge is 0.152 e. The van der Waals surface area contributed by atoms with Gasteiger partial charge >= 0.3 is 0 Å². The van der Waals surface area contributed by atoms with Crippen molar-refractivity contribution in [3.63, 3.8) is 0 Å². The Labute approximate surface area is 130 Å². The fourth-order valence-electron chi connectivity index (χ4n) is 2.99. The topological polar surface area (TPSA) is 53.9 Å². The van der Waals surface area contributed by atoms with Crippen LogP contribution >= 0.6 is 11.8 Å². The van der Waals surface area contributed by atoms with E-state index in [1.807, 2.05) is 25.3 Å². The van der Waals surface area contributed by atoms with Crippen LogP contribution in [0.1, 0.15) is 37.5 Å². The van der Waals surface area contributed by atoms with Crippen molar-refractivity contribution in [3.05, 3.63) is 29.7 Å². The molecule has 5 heteroatoms. The molecule has 4 nitrogen and oxygen atoms in total. The van der Waals surface area contributed by atoms with Crippen molar-refractivity contribution in [1.29, 1.82) is 0 Å². The van der Waals surface area contributed by atoms with E-state index >= 15 is 0 Å². The third kappa shape index (κ3) is 3.52. The maximum absolute atomic E-state index is 5.69. The number of nitrogens with zero attached hydrogens (tertiary/aromatic N) is 1. The second kappa shape index (κ2) is 6.71. The van der Waals surface area contributed by atoms with E-state index in [9.17, 15) is 0 Å². The van der Waals surface area contributed by atoms with Crippen molar-refractivity contribution in [1.82, 2.24) is 15.5 Å². The normalized spacial score (nSPS) is 22.0.